The number of carbonyl (C=O) groups is 1. The molecule has 39 heavy (non-hydrogen) atoms. The van der Waals surface area contributed by atoms with Gasteiger partial charge in [0.25, 0.3) is 6.01 Å². The van der Waals surface area contributed by atoms with E-state index < -0.39 is 6.10 Å². The van der Waals surface area contributed by atoms with Crippen molar-refractivity contribution in [3.05, 3.63) is 35.4 Å². The number of nitrogens with zero attached hydrogens (tertiary/aromatic N) is 3. The summed E-state index contributed by atoms with van der Waals surface area (Å²) < 4.78 is 22.9. The number of aromatic amines is 1. The monoisotopic (exact) mass is 557 g/mol. The Morgan fingerprint density at radius 1 is 1.13 bits per heavy atom. The lowest BCUT2D eigenvalue weighted by atomic mass is 10.0. The van der Waals surface area contributed by atoms with Gasteiger partial charge in [-0.25, -0.2) is 9.78 Å². The maximum absolute atomic E-state index is 13.0. The molecule has 4 atom stereocenters. The molecule has 3 aliphatic heterocycles. The van der Waals surface area contributed by atoms with Gasteiger partial charge in [0.15, 0.2) is 11.8 Å². The highest BCUT2D eigenvalue weighted by Gasteiger charge is 2.48. The number of aliphatic hydroxyl groups is 1. The predicted molar refractivity (Wildman–Crippen MR) is 143 cm³/mol. The fourth-order valence-corrected chi connectivity index (χ4v) is 5.80. The van der Waals surface area contributed by atoms with Crippen LogP contribution in [-0.4, -0.2) is 93.9 Å². The Morgan fingerprint density at radius 3 is 2.62 bits per heavy atom. The molecule has 1 aromatic carbocycles. The lowest BCUT2D eigenvalue weighted by Crippen LogP contribution is -2.50. The van der Waals surface area contributed by atoms with Crippen LogP contribution in [0.25, 0.3) is 22.4 Å². The molecule has 3 saturated heterocycles. The van der Waals surface area contributed by atoms with Crippen LogP contribution in [-0.2, 0) is 9.47 Å². The number of hydrogen-bond acceptors (Lipinski definition) is 9. The normalized spacial score (nSPS) is 25.3. The van der Waals surface area contributed by atoms with Gasteiger partial charge in [0.2, 0.25) is 0 Å². The lowest BCUT2D eigenvalue weighted by molar-refractivity contribution is 0.00706. The van der Waals surface area contributed by atoms with E-state index in [9.17, 15) is 9.90 Å². The molecule has 0 bridgehead atoms. The molecule has 208 valence electrons. The van der Waals surface area contributed by atoms with Gasteiger partial charge in [0.05, 0.1) is 29.4 Å². The first-order chi connectivity index (χ1) is 18.9. The third kappa shape index (κ3) is 5.29. The van der Waals surface area contributed by atoms with E-state index in [1.165, 1.54) is 0 Å². The van der Waals surface area contributed by atoms with Crippen molar-refractivity contribution in [1.82, 2.24) is 25.2 Å². The lowest BCUT2D eigenvalue weighted by Gasteiger charge is -2.36. The van der Waals surface area contributed by atoms with Gasteiger partial charge in [-0.15, -0.1) is 0 Å². The number of aromatic nitrogens is 3. The molecule has 0 saturated carbocycles. The van der Waals surface area contributed by atoms with Gasteiger partial charge in [-0.05, 0) is 70.1 Å². The number of imidazole rings is 1. The maximum atomic E-state index is 13.0. The molecule has 2 aromatic heterocycles. The van der Waals surface area contributed by atoms with Crippen molar-refractivity contribution < 1.29 is 28.8 Å². The van der Waals surface area contributed by atoms with Gasteiger partial charge in [-0.3, -0.25) is 0 Å². The second-order valence-corrected chi connectivity index (χ2v) is 10.8. The van der Waals surface area contributed by atoms with Crippen molar-refractivity contribution in [2.75, 3.05) is 26.3 Å². The molecule has 0 spiro atoms. The van der Waals surface area contributed by atoms with Crippen LogP contribution in [0.15, 0.2) is 30.3 Å². The van der Waals surface area contributed by atoms with Crippen LogP contribution in [0.5, 0.6) is 11.8 Å². The van der Waals surface area contributed by atoms with Gasteiger partial charge in [-0.1, -0.05) is 11.6 Å². The van der Waals surface area contributed by atoms with E-state index in [1.54, 1.807) is 18.2 Å². The second kappa shape index (κ2) is 10.9. The number of aliphatic hydroxyl groups excluding tert-OH is 1. The Hall–Kier alpha value is -2.96. The zero-order valence-corrected chi connectivity index (χ0v) is 22.6. The first kappa shape index (κ1) is 26.3. The molecular weight excluding hydrogens is 526 g/mol. The number of benzene rings is 1. The van der Waals surface area contributed by atoms with Crippen molar-refractivity contribution in [3.63, 3.8) is 0 Å². The number of H-pyrrole nitrogens is 1. The van der Waals surface area contributed by atoms with Crippen LogP contribution < -0.4 is 14.8 Å². The van der Waals surface area contributed by atoms with Crippen molar-refractivity contribution in [2.24, 2.45) is 0 Å². The average molecular weight is 558 g/mol. The molecule has 11 nitrogen and oxygen atoms in total. The first-order valence-corrected chi connectivity index (χ1v) is 13.7. The summed E-state index contributed by atoms with van der Waals surface area (Å²) in [5.74, 6) is 0.451. The molecular formula is C27H32ClN5O6. The summed E-state index contributed by atoms with van der Waals surface area (Å²) in [6.45, 7) is 6.33. The van der Waals surface area contributed by atoms with E-state index in [4.69, 9.17) is 30.5 Å². The fraction of sp³-hybridized carbons (Fsp3) is 0.519. The number of rotatable bonds is 6. The Labute approximate surface area is 230 Å². The zero-order valence-electron chi connectivity index (χ0n) is 21.8. The minimum atomic E-state index is -0.652. The summed E-state index contributed by atoms with van der Waals surface area (Å²) in [5, 5.41) is 13.7. The van der Waals surface area contributed by atoms with Crippen molar-refractivity contribution >= 4 is 28.9 Å². The molecule has 6 rings (SSSR count). The second-order valence-electron chi connectivity index (χ2n) is 10.4. The largest absolute Gasteiger partial charge is 0.456 e. The number of nitrogens with one attached hydrogen (secondary N) is 2. The smallest absolute Gasteiger partial charge is 0.415 e. The number of halogens is 1. The van der Waals surface area contributed by atoms with Crippen molar-refractivity contribution in [3.8, 4) is 23.0 Å². The van der Waals surface area contributed by atoms with Crippen LogP contribution in [0.1, 0.15) is 26.7 Å². The molecule has 5 heterocycles. The van der Waals surface area contributed by atoms with Crippen molar-refractivity contribution in [2.45, 2.75) is 63.2 Å². The molecule has 0 unspecified atom stereocenters. The van der Waals surface area contributed by atoms with E-state index >= 15 is 0 Å². The number of pyridine rings is 1. The van der Waals surface area contributed by atoms with E-state index in [-0.39, 0.29) is 49.1 Å². The van der Waals surface area contributed by atoms with Crippen LogP contribution in [0.3, 0.4) is 0 Å². The van der Waals surface area contributed by atoms with Gasteiger partial charge in [-0.2, -0.15) is 4.98 Å². The summed E-state index contributed by atoms with van der Waals surface area (Å²) in [4.78, 5) is 27.0. The summed E-state index contributed by atoms with van der Waals surface area (Å²) in [6, 6.07) is 9.33. The maximum Gasteiger partial charge on any atom is 0.415 e. The van der Waals surface area contributed by atoms with Crippen LogP contribution in [0, 0.1) is 0 Å². The molecule has 12 heteroatoms. The Morgan fingerprint density at radius 2 is 1.87 bits per heavy atom. The molecule has 3 fully saturated rings. The molecule has 1 amide bonds. The predicted octanol–water partition coefficient (Wildman–Crippen LogP) is 3.15. The van der Waals surface area contributed by atoms with E-state index in [2.05, 4.69) is 20.3 Å². The topological polar surface area (TPSA) is 131 Å². The molecule has 0 aliphatic carbocycles. The average Bonchev–Trinajstić information content (AvgIpc) is 3.61. The molecule has 3 aromatic rings. The van der Waals surface area contributed by atoms with Crippen LogP contribution in [0.4, 0.5) is 4.79 Å². The van der Waals surface area contributed by atoms with Crippen LogP contribution >= 0.6 is 11.6 Å². The van der Waals surface area contributed by atoms with Crippen molar-refractivity contribution in [1.29, 1.82) is 0 Å². The quantitative estimate of drug-likeness (QED) is 0.418. The Bertz CT molecular complexity index is 1330. The molecule has 3 N–H and O–H groups in total. The van der Waals surface area contributed by atoms with Crippen LogP contribution in [0.2, 0.25) is 5.02 Å². The minimum Gasteiger partial charge on any atom is -0.456 e. The first-order valence-electron chi connectivity index (χ1n) is 13.3. The number of amides is 1. The summed E-state index contributed by atoms with van der Waals surface area (Å²) in [7, 11) is 0. The summed E-state index contributed by atoms with van der Waals surface area (Å²) in [6.07, 6.45) is -0.307. The number of fused-ring (bicyclic) bond motifs is 2. The summed E-state index contributed by atoms with van der Waals surface area (Å²) >= 11 is 6.58. The number of carbonyl (C=O) groups excluding carboxylic acids is 1. The van der Waals surface area contributed by atoms with Gasteiger partial charge in [0, 0.05) is 17.6 Å². The molecule has 3 aliphatic rings. The van der Waals surface area contributed by atoms with E-state index in [0.717, 1.165) is 31.5 Å². The number of ether oxygens (including phenoxy) is 4. The number of piperidine rings is 1. The standard InChI is InChI=1S/C27H32ClN5O6/c1-14(2)33(16-7-9-29-10-8-16)27(35)38-17-5-3-15(4-6-17)22-18(28)11-19-25(31-22)32-26(30-19)39-21-13-37-23-20(34)12-36-24(21)23/h3-6,11,14,16,20-21,23-24,29,34H,7-10,12-13H2,1-2H3,(H,30,31,32)/t20-,21-,23-,24-/m1/s1. The highest BCUT2D eigenvalue weighted by molar-refractivity contribution is 6.33. The SMILES string of the molecule is CC(C)N(C(=O)Oc1ccc(-c2nc3nc(O[C@@H]4CO[C@H]5[C@@H]4OC[C@H]5O)[nH]c3cc2Cl)cc1)C1CCNCC1. The zero-order chi connectivity index (χ0) is 27.1. The van der Waals surface area contributed by atoms with E-state index in [1.807, 2.05) is 30.9 Å². The van der Waals surface area contributed by atoms with Gasteiger partial charge in [0.1, 0.15) is 24.1 Å². The Balaban J connectivity index is 1.15. The third-order valence-corrected chi connectivity index (χ3v) is 7.74. The fourth-order valence-electron chi connectivity index (χ4n) is 5.54. The van der Waals surface area contributed by atoms with E-state index in [0.29, 0.717) is 34.2 Å². The highest BCUT2D eigenvalue weighted by atomic mass is 35.5. The number of hydrogen-bond donors (Lipinski definition) is 3. The molecule has 0 radical (unpaired) electrons. The van der Waals surface area contributed by atoms with Gasteiger partial charge >= 0.3 is 6.09 Å². The van der Waals surface area contributed by atoms with Gasteiger partial charge < -0.3 is 39.3 Å². The third-order valence-electron chi connectivity index (χ3n) is 7.45. The summed E-state index contributed by atoms with van der Waals surface area (Å²) in [5.41, 5.74) is 2.37. The highest BCUT2D eigenvalue weighted by Crippen LogP contribution is 2.33. The Kier molecular flexibility index (Phi) is 7.34. The minimum absolute atomic E-state index is 0.0391.